The first kappa shape index (κ1) is 22.3. The van der Waals surface area contributed by atoms with Crippen LogP contribution in [0.1, 0.15) is 31.7 Å². The molecule has 0 spiro atoms. The van der Waals surface area contributed by atoms with E-state index in [9.17, 15) is 0 Å². The molecule has 172 valence electrons. The number of nitrogens with one attached hydrogen (secondary N) is 2. The number of nitrogens with zero attached hydrogens (tertiary/aromatic N) is 1. The maximum Gasteiger partial charge on any atom is 0.195 e. The average Bonchev–Trinajstić information content (AvgIpc) is 3.08. The second kappa shape index (κ2) is 10.6. The quantitative estimate of drug-likeness (QED) is 0.524. The zero-order chi connectivity index (χ0) is 22.2. The van der Waals surface area contributed by atoms with Crippen LogP contribution in [-0.2, 0) is 10.2 Å². The Balaban J connectivity index is 1.54. The van der Waals surface area contributed by atoms with E-state index in [0.717, 1.165) is 67.9 Å². The molecule has 2 N–H and O–H groups in total. The van der Waals surface area contributed by atoms with Crippen LogP contribution in [0.15, 0.2) is 47.5 Å². The number of benzene rings is 2. The SMILES string of the molecule is CCNC(=NCC1(c2ccc(OC)cc2)CCOCC1)Nc1ccc2c(c1)OCCCO2. The molecular weight excluding hydrogens is 406 g/mol. The average molecular weight is 440 g/mol. The Bertz CT molecular complexity index is 908. The fourth-order valence-electron chi connectivity index (χ4n) is 4.16. The third-order valence-corrected chi connectivity index (χ3v) is 6.05. The number of guanidine groups is 1. The van der Waals surface area contributed by atoms with E-state index in [1.807, 2.05) is 30.3 Å². The Morgan fingerprint density at radius 2 is 1.75 bits per heavy atom. The van der Waals surface area contributed by atoms with Gasteiger partial charge in [-0.2, -0.15) is 0 Å². The second-order valence-electron chi connectivity index (χ2n) is 8.15. The summed E-state index contributed by atoms with van der Waals surface area (Å²) in [7, 11) is 1.69. The van der Waals surface area contributed by atoms with Crippen molar-refractivity contribution in [2.45, 2.75) is 31.6 Å². The van der Waals surface area contributed by atoms with E-state index >= 15 is 0 Å². The summed E-state index contributed by atoms with van der Waals surface area (Å²) >= 11 is 0. The van der Waals surface area contributed by atoms with Crippen LogP contribution in [0.4, 0.5) is 5.69 Å². The van der Waals surface area contributed by atoms with E-state index in [1.165, 1.54) is 5.56 Å². The van der Waals surface area contributed by atoms with Gasteiger partial charge in [-0.05, 0) is 49.6 Å². The van der Waals surface area contributed by atoms with E-state index in [-0.39, 0.29) is 5.41 Å². The minimum Gasteiger partial charge on any atom is -0.497 e. The highest BCUT2D eigenvalue weighted by atomic mass is 16.5. The van der Waals surface area contributed by atoms with Gasteiger partial charge in [0.15, 0.2) is 17.5 Å². The monoisotopic (exact) mass is 439 g/mol. The molecule has 2 heterocycles. The Morgan fingerprint density at radius 1 is 1.00 bits per heavy atom. The zero-order valence-corrected chi connectivity index (χ0v) is 19.0. The largest absolute Gasteiger partial charge is 0.497 e. The minimum atomic E-state index is -0.0579. The molecular formula is C25H33N3O4. The first-order chi connectivity index (χ1) is 15.7. The topological polar surface area (TPSA) is 73.3 Å². The normalized spacial score (nSPS) is 17.9. The van der Waals surface area contributed by atoms with Gasteiger partial charge in [-0.25, -0.2) is 0 Å². The predicted octanol–water partition coefficient (Wildman–Crippen LogP) is 3.98. The van der Waals surface area contributed by atoms with E-state index in [2.05, 4.69) is 29.7 Å². The third kappa shape index (κ3) is 5.27. The molecule has 0 radical (unpaired) electrons. The van der Waals surface area contributed by atoms with E-state index in [4.69, 9.17) is 23.9 Å². The van der Waals surface area contributed by atoms with Crippen LogP contribution in [0, 0.1) is 0 Å². The van der Waals surface area contributed by atoms with Gasteiger partial charge in [0.2, 0.25) is 0 Å². The van der Waals surface area contributed by atoms with Crippen molar-refractivity contribution < 1.29 is 18.9 Å². The summed E-state index contributed by atoms with van der Waals surface area (Å²) in [5, 5.41) is 6.79. The summed E-state index contributed by atoms with van der Waals surface area (Å²) in [6, 6.07) is 14.3. The Labute approximate surface area is 190 Å². The maximum atomic E-state index is 5.83. The molecule has 0 atom stereocenters. The van der Waals surface area contributed by atoms with Crippen molar-refractivity contribution in [2.24, 2.45) is 4.99 Å². The number of aliphatic imine (C=N–C) groups is 1. The van der Waals surface area contributed by atoms with Gasteiger partial charge in [-0.1, -0.05) is 12.1 Å². The summed E-state index contributed by atoms with van der Waals surface area (Å²) in [6.45, 7) is 6.34. The van der Waals surface area contributed by atoms with Gasteiger partial charge >= 0.3 is 0 Å². The van der Waals surface area contributed by atoms with Crippen LogP contribution in [0.25, 0.3) is 0 Å². The predicted molar refractivity (Wildman–Crippen MR) is 126 cm³/mol. The summed E-state index contributed by atoms with van der Waals surface area (Å²) < 4.78 is 22.6. The van der Waals surface area contributed by atoms with Crippen molar-refractivity contribution in [3.05, 3.63) is 48.0 Å². The van der Waals surface area contributed by atoms with Crippen LogP contribution >= 0.6 is 0 Å². The van der Waals surface area contributed by atoms with Crippen molar-refractivity contribution in [3.63, 3.8) is 0 Å². The highest BCUT2D eigenvalue weighted by Crippen LogP contribution is 2.36. The molecule has 2 aliphatic rings. The van der Waals surface area contributed by atoms with Crippen molar-refractivity contribution in [1.82, 2.24) is 5.32 Å². The Hall–Kier alpha value is -2.93. The zero-order valence-electron chi connectivity index (χ0n) is 19.0. The smallest absolute Gasteiger partial charge is 0.195 e. The van der Waals surface area contributed by atoms with Crippen molar-refractivity contribution in [2.75, 3.05) is 51.9 Å². The fourth-order valence-corrected chi connectivity index (χ4v) is 4.16. The lowest BCUT2D eigenvalue weighted by atomic mass is 9.74. The molecule has 0 unspecified atom stereocenters. The fraction of sp³-hybridized carbons (Fsp3) is 0.480. The van der Waals surface area contributed by atoms with Crippen LogP contribution in [0.5, 0.6) is 17.2 Å². The molecule has 1 saturated heterocycles. The van der Waals surface area contributed by atoms with Crippen LogP contribution in [0.3, 0.4) is 0 Å². The lowest BCUT2D eigenvalue weighted by Gasteiger charge is -2.36. The van der Waals surface area contributed by atoms with Crippen LogP contribution in [0.2, 0.25) is 0 Å². The van der Waals surface area contributed by atoms with Gasteiger partial charge in [-0.15, -0.1) is 0 Å². The number of rotatable bonds is 6. The lowest BCUT2D eigenvalue weighted by Crippen LogP contribution is -2.39. The molecule has 32 heavy (non-hydrogen) atoms. The number of ether oxygens (including phenoxy) is 4. The second-order valence-corrected chi connectivity index (χ2v) is 8.15. The van der Waals surface area contributed by atoms with Gasteiger partial charge in [0.25, 0.3) is 0 Å². The summed E-state index contributed by atoms with van der Waals surface area (Å²) in [6.07, 6.45) is 2.76. The van der Waals surface area contributed by atoms with Crippen LogP contribution in [-0.4, -0.2) is 52.6 Å². The van der Waals surface area contributed by atoms with Gasteiger partial charge in [0.05, 0.1) is 26.9 Å². The van der Waals surface area contributed by atoms with Crippen molar-refractivity contribution in [1.29, 1.82) is 0 Å². The molecule has 0 bridgehead atoms. The number of methoxy groups -OCH3 is 1. The van der Waals surface area contributed by atoms with Gasteiger partial charge in [0, 0.05) is 43.3 Å². The minimum absolute atomic E-state index is 0.0579. The molecule has 2 aromatic rings. The Morgan fingerprint density at radius 3 is 2.47 bits per heavy atom. The molecule has 7 nitrogen and oxygen atoms in total. The first-order valence-corrected chi connectivity index (χ1v) is 11.4. The van der Waals surface area contributed by atoms with E-state index < -0.39 is 0 Å². The third-order valence-electron chi connectivity index (χ3n) is 6.05. The summed E-state index contributed by atoms with van der Waals surface area (Å²) in [5.74, 6) is 3.17. The highest BCUT2D eigenvalue weighted by molar-refractivity contribution is 5.94. The van der Waals surface area contributed by atoms with Gasteiger partial charge in [-0.3, -0.25) is 4.99 Å². The van der Waals surface area contributed by atoms with Gasteiger partial charge < -0.3 is 29.6 Å². The first-order valence-electron chi connectivity index (χ1n) is 11.4. The molecule has 0 aliphatic carbocycles. The van der Waals surface area contributed by atoms with Crippen molar-refractivity contribution in [3.8, 4) is 17.2 Å². The number of hydrogen-bond donors (Lipinski definition) is 2. The molecule has 2 aliphatic heterocycles. The van der Waals surface area contributed by atoms with Gasteiger partial charge in [0.1, 0.15) is 5.75 Å². The number of hydrogen-bond acceptors (Lipinski definition) is 5. The molecule has 0 amide bonds. The molecule has 7 heteroatoms. The molecule has 2 aromatic carbocycles. The standard InChI is InChI=1S/C25H33N3O4/c1-3-26-24(28-20-7-10-22-23(17-20)32-14-4-13-31-22)27-18-25(11-15-30-16-12-25)19-5-8-21(29-2)9-6-19/h5-10,17H,3-4,11-16,18H2,1-2H3,(H2,26,27,28). The maximum absolute atomic E-state index is 5.83. The Kier molecular flexibility index (Phi) is 7.37. The molecule has 0 saturated carbocycles. The lowest BCUT2D eigenvalue weighted by molar-refractivity contribution is 0.0531. The number of fused-ring (bicyclic) bond motifs is 1. The molecule has 0 aromatic heterocycles. The molecule has 4 rings (SSSR count). The summed E-state index contributed by atoms with van der Waals surface area (Å²) in [5.41, 5.74) is 2.13. The highest BCUT2D eigenvalue weighted by Gasteiger charge is 2.34. The number of anilines is 1. The van der Waals surface area contributed by atoms with Crippen LogP contribution < -0.4 is 24.8 Å². The van der Waals surface area contributed by atoms with E-state index in [0.29, 0.717) is 19.8 Å². The molecule has 1 fully saturated rings. The summed E-state index contributed by atoms with van der Waals surface area (Å²) in [4.78, 5) is 4.99. The van der Waals surface area contributed by atoms with Crippen molar-refractivity contribution >= 4 is 11.6 Å². The van der Waals surface area contributed by atoms with E-state index in [1.54, 1.807) is 7.11 Å².